The third kappa shape index (κ3) is 2.22. The Morgan fingerprint density at radius 3 is 2.76 bits per heavy atom. The van der Waals surface area contributed by atoms with Gasteiger partial charge in [0.2, 0.25) is 0 Å². The molecule has 3 nitrogen and oxygen atoms in total. The highest BCUT2D eigenvalue weighted by Crippen LogP contribution is 2.23. The van der Waals surface area contributed by atoms with E-state index in [1.165, 1.54) is 6.08 Å². The van der Waals surface area contributed by atoms with Crippen molar-refractivity contribution in [3.63, 3.8) is 0 Å². The summed E-state index contributed by atoms with van der Waals surface area (Å²) in [4.78, 5) is 0. The van der Waals surface area contributed by atoms with E-state index in [4.69, 9.17) is 16.9 Å². The number of para-hydroxylation sites is 1. The van der Waals surface area contributed by atoms with Crippen molar-refractivity contribution in [1.82, 2.24) is 9.78 Å². The van der Waals surface area contributed by atoms with Crippen molar-refractivity contribution >= 4 is 16.6 Å². The van der Waals surface area contributed by atoms with E-state index in [1.807, 2.05) is 43.3 Å². The molecule has 0 bridgehead atoms. The molecule has 2 aromatic rings. The lowest BCUT2D eigenvalue weighted by molar-refractivity contribution is 0.847. The summed E-state index contributed by atoms with van der Waals surface area (Å²) >= 11 is 6.00. The first-order chi connectivity index (χ1) is 8.24. The minimum absolute atomic E-state index is 0.409. The fourth-order valence-electron chi connectivity index (χ4n) is 1.61. The number of halogens is 1. The zero-order chi connectivity index (χ0) is 12.3. The zero-order valence-electron chi connectivity index (χ0n) is 9.26. The number of aromatic nitrogens is 2. The Bertz CT molecular complexity index is 591. The molecular weight excluding hydrogens is 234 g/mol. The number of rotatable bonds is 2. The fourth-order valence-corrected chi connectivity index (χ4v) is 1.84. The molecule has 0 saturated carbocycles. The molecule has 17 heavy (non-hydrogen) atoms. The summed E-state index contributed by atoms with van der Waals surface area (Å²) in [5.74, 6) is 0. The molecule has 1 heterocycles. The van der Waals surface area contributed by atoms with Gasteiger partial charge in [-0.2, -0.15) is 10.4 Å². The van der Waals surface area contributed by atoms with Gasteiger partial charge in [0.1, 0.15) is 0 Å². The molecule has 1 aromatic carbocycles. The molecule has 0 unspecified atom stereocenters. The number of benzene rings is 1. The SMILES string of the molecule is Cc1c(/C(Cl)=C/C#N)cnn1-c1ccccc1. The van der Waals surface area contributed by atoms with Crippen molar-refractivity contribution in [2.45, 2.75) is 6.92 Å². The van der Waals surface area contributed by atoms with E-state index >= 15 is 0 Å². The third-order valence-corrected chi connectivity index (χ3v) is 2.77. The summed E-state index contributed by atoms with van der Waals surface area (Å²) in [6.45, 7) is 1.92. The first-order valence-corrected chi connectivity index (χ1v) is 5.47. The van der Waals surface area contributed by atoms with Gasteiger partial charge in [-0.05, 0) is 19.1 Å². The fraction of sp³-hybridized carbons (Fsp3) is 0.0769. The van der Waals surface area contributed by atoms with E-state index in [0.717, 1.165) is 16.9 Å². The normalized spacial score (nSPS) is 11.2. The maximum absolute atomic E-state index is 8.57. The van der Waals surface area contributed by atoms with Crippen LogP contribution in [0.1, 0.15) is 11.3 Å². The second kappa shape index (κ2) is 4.86. The first-order valence-electron chi connectivity index (χ1n) is 5.09. The number of nitrogens with zero attached hydrogens (tertiary/aromatic N) is 3. The molecule has 4 heteroatoms. The standard InChI is InChI=1S/C13H10ClN3/c1-10-12(13(14)7-8-15)9-16-17(10)11-5-3-2-4-6-11/h2-7,9H,1H3/b13-7-. The number of hydrogen-bond donors (Lipinski definition) is 0. The van der Waals surface area contributed by atoms with Crippen LogP contribution in [0.15, 0.2) is 42.6 Å². The van der Waals surface area contributed by atoms with Crippen LogP contribution in [0.5, 0.6) is 0 Å². The second-order valence-electron chi connectivity index (χ2n) is 3.51. The van der Waals surface area contributed by atoms with Crippen LogP contribution in [0.25, 0.3) is 10.7 Å². The Labute approximate surface area is 105 Å². The van der Waals surface area contributed by atoms with Crippen LogP contribution in [-0.4, -0.2) is 9.78 Å². The van der Waals surface area contributed by atoms with Crippen molar-refractivity contribution in [2.24, 2.45) is 0 Å². The van der Waals surface area contributed by atoms with E-state index < -0.39 is 0 Å². The van der Waals surface area contributed by atoms with Gasteiger partial charge in [0.05, 0.1) is 23.0 Å². The lowest BCUT2D eigenvalue weighted by Gasteiger charge is -2.04. The van der Waals surface area contributed by atoms with Gasteiger partial charge in [-0.25, -0.2) is 4.68 Å². The average molecular weight is 244 g/mol. The van der Waals surface area contributed by atoms with Crippen LogP contribution in [0.3, 0.4) is 0 Å². The molecule has 2 rings (SSSR count). The molecule has 1 aromatic heterocycles. The molecule has 84 valence electrons. The maximum atomic E-state index is 8.57. The Balaban J connectivity index is 2.48. The number of allylic oxidation sites excluding steroid dienone is 1. The monoisotopic (exact) mass is 243 g/mol. The topological polar surface area (TPSA) is 41.6 Å². The minimum Gasteiger partial charge on any atom is -0.237 e. The average Bonchev–Trinajstić information content (AvgIpc) is 2.72. The van der Waals surface area contributed by atoms with Crippen molar-refractivity contribution in [1.29, 1.82) is 5.26 Å². The third-order valence-electron chi connectivity index (χ3n) is 2.46. The van der Waals surface area contributed by atoms with Gasteiger partial charge in [-0.1, -0.05) is 29.8 Å². The Hall–Kier alpha value is -2.05. The Morgan fingerprint density at radius 1 is 1.41 bits per heavy atom. The van der Waals surface area contributed by atoms with Crippen molar-refractivity contribution < 1.29 is 0 Å². The molecule has 0 N–H and O–H groups in total. The van der Waals surface area contributed by atoms with Gasteiger partial charge in [0.15, 0.2) is 0 Å². The highest BCUT2D eigenvalue weighted by molar-refractivity contribution is 6.49. The van der Waals surface area contributed by atoms with Crippen LogP contribution in [-0.2, 0) is 0 Å². The predicted octanol–water partition coefficient (Wildman–Crippen LogP) is 3.28. The lowest BCUT2D eigenvalue weighted by atomic mass is 10.2. The number of nitriles is 1. The van der Waals surface area contributed by atoms with Crippen LogP contribution >= 0.6 is 11.6 Å². The first kappa shape index (κ1) is 11.4. The van der Waals surface area contributed by atoms with Crippen molar-refractivity contribution in [2.75, 3.05) is 0 Å². The van der Waals surface area contributed by atoms with Gasteiger partial charge < -0.3 is 0 Å². The van der Waals surface area contributed by atoms with Gasteiger partial charge >= 0.3 is 0 Å². The molecule has 0 saturated heterocycles. The Morgan fingerprint density at radius 2 is 2.12 bits per heavy atom. The molecule has 0 radical (unpaired) electrons. The van der Waals surface area contributed by atoms with Crippen molar-refractivity contribution in [3.05, 3.63) is 53.9 Å². The largest absolute Gasteiger partial charge is 0.237 e. The molecule has 0 amide bonds. The van der Waals surface area contributed by atoms with Gasteiger partial charge in [-0.15, -0.1) is 0 Å². The smallest absolute Gasteiger partial charge is 0.0927 e. The highest BCUT2D eigenvalue weighted by Gasteiger charge is 2.10. The summed E-state index contributed by atoms with van der Waals surface area (Å²) in [5.41, 5.74) is 2.66. The van der Waals surface area contributed by atoms with Crippen LogP contribution in [0.2, 0.25) is 0 Å². The molecular formula is C13H10ClN3. The summed E-state index contributed by atoms with van der Waals surface area (Å²) < 4.78 is 1.79. The van der Waals surface area contributed by atoms with E-state index in [-0.39, 0.29) is 0 Å². The zero-order valence-corrected chi connectivity index (χ0v) is 10.0. The lowest BCUT2D eigenvalue weighted by Crippen LogP contribution is -1.98. The predicted molar refractivity (Wildman–Crippen MR) is 67.7 cm³/mol. The molecule has 0 spiro atoms. The molecule has 0 aliphatic heterocycles. The Kier molecular flexibility index (Phi) is 3.27. The summed E-state index contributed by atoms with van der Waals surface area (Å²) in [7, 11) is 0. The van der Waals surface area contributed by atoms with Crippen LogP contribution in [0, 0.1) is 18.3 Å². The minimum atomic E-state index is 0.409. The maximum Gasteiger partial charge on any atom is 0.0927 e. The molecule has 0 atom stereocenters. The van der Waals surface area contributed by atoms with E-state index in [2.05, 4.69) is 5.10 Å². The van der Waals surface area contributed by atoms with Crippen molar-refractivity contribution in [3.8, 4) is 11.8 Å². The van der Waals surface area contributed by atoms with Crippen LogP contribution in [0.4, 0.5) is 0 Å². The van der Waals surface area contributed by atoms with Gasteiger partial charge in [-0.3, -0.25) is 0 Å². The summed E-state index contributed by atoms with van der Waals surface area (Å²) in [5, 5.41) is 13.3. The van der Waals surface area contributed by atoms with Gasteiger partial charge in [0, 0.05) is 17.3 Å². The van der Waals surface area contributed by atoms with E-state index in [9.17, 15) is 0 Å². The molecule has 0 fully saturated rings. The summed E-state index contributed by atoms with van der Waals surface area (Å²) in [6.07, 6.45) is 2.97. The molecule has 0 aliphatic rings. The quantitative estimate of drug-likeness (QED) is 0.760. The number of hydrogen-bond acceptors (Lipinski definition) is 2. The second-order valence-corrected chi connectivity index (χ2v) is 3.92. The molecule has 0 aliphatic carbocycles. The summed E-state index contributed by atoms with van der Waals surface area (Å²) in [6, 6.07) is 11.7. The van der Waals surface area contributed by atoms with Gasteiger partial charge in [0.25, 0.3) is 0 Å². The van der Waals surface area contributed by atoms with Crippen LogP contribution < -0.4 is 0 Å². The highest BCUT2D eigenvalue weighted by atomic mass is 35.5. The van der Waals surface area contributed by atoms with E-state index in [0.29, 0.717) is 5.03 Å². The van der Waals surface area contributed by atoms with E-state index in [1.54, 1.807) is 10.9 Å².